The third kappa shape index (κ3) is 2.37. The fourth-order valence-electron chi connectivity index (χ4n) is 2.30. The van der Waals surface area contributed by atoms with Crippen LogP contribution in [0, 0.1) is 6.92 Å². The summed E-state index contributed by atoms with van der Waals surface area (Å²) in [5, 5.41) is 3.01. The Morgan fingerprint density at radius 3 is 2.75 bits per heavy atom. The van der Waals surface area contributed by atoms with E-state index in [2.05, 4.69) is 11.9 Å². The number of anilines is 1. The maximum Gasteiger partial charge on any atom is 0.183 e. The monoisotopic (exact) mass is 281 g/mol. The molecule has 0 saturated heterocycles. The molecule has 1 heterocycles. The lowest BCUT2D eigenvalue weighted by atomic mass is 10.1. The number of carbonyl (C=O) groups is 1. The molecule has 1 aliphatic rings. The van der Waals surface area contributed by atoms with Crippen molar-refractivity contribution in [1.29, 1.82) is 0 Å². The third-order valence-electron chi connectivity index (χ3n) is 3.27. The summed E-state index contributed by atoms with van der Waals surface area (Å²) in [7, 11) is 0. The number of carbonyl (C=O) groups excluding carboxylic acids is 1. The molecular formula is C17H15NOS. The van der Waals surface area contributed by atoms with Crippen molar-refractivity contribution < 1.29 is 4.79 Å². The van der Waals surface area contributed by atoms with Crippen molar-refractivity contribution in [2.45, 2.75) is 17.1 Å². The van der Waals surface area contributed by atoms with Crippen molar-refractivity contribution in [3.05, 3.63) is 71.9 Å². The molecule has 20 heavy (non-hydrogen) atoms. The molecule has 100 valence electrons. The first kappa shape index (κ1) is 13.0. The Morgan fingerprint density at radius 1 is 1.20 bits per heavy atom. The summed E-state index contributed by atoms with van der Waals surface area (Å²) in [4.78, 5) is 13.4. The minimum absolute atomic E-state index is 0.135. The number of hydrogen-bond donors (Lipinski definition) is 1. The highest BCUT2D eigenvalue weighted by Crippen LogP contribution is 2.39. The Kier molecular flexibility index (Phi) is 3.36. The molecule has 0 unspecified atom stereocenters. The van der Waals surface area contributed by atoms with E-state index in [4.69, 9.17) is 0 Å². The van der Waals surface area contributed by atoms with Gasteiger partial charge in [0.1, 0.15) is 5.25 Å². The Balaban J connectivity index is 1.78. The predicted molar refractivity (Wildman–Crippen MR) is 84.4 cm³/mol. The van der Waals surface area contributed by atoms with Crippen LogP contribution in [0.4, 0.5) is 5.69 Å². The molecular weight excluding hydrogens is 266 g/mol. The van der Waals surface area contributed by atoms with E-state index < -0.39 is 0 Å². The largest absolute Gasteiger partial charge is 0.358 e. The van der Waals surface area contributed by atoms with Crippen molar-refractivity contribution >= 4 is 23.2 Å². The molecule has 1 atom stereocenters. The topological polar surface area (TPSA) is 29.1 Å². The summed E-state index contributed by atoms with van der Waals surface area (Å²) in [5.74, 6) is 0.135. The number of benzene rings is 2. The number of nitrogens with one attached hydrogen (secondary N) is 1. The zero-order valence-electron chi connectivity index (χ0n) is 11.2. The van der Waals surface area contributed by atoms with Gasteiger partial charge >= 0.3 is 0 Å². The number of Topliss-reactive ketones (excluding diaryl/α,β-unsaturated/α-hetero) is 1. The van der Waals surface area contributed by atoms with Crippen LogP contribution in [0.25, 0.3) is 0 Å². The molecule has 0 radical (unpaired) electrons. The van der Waals surface area contributed by atoms with Crippen molar-refractivity contribution in [3.63, 3.8) is 0 Å². The summed E-state index contributed by atoms with van der Waals surface area (Å²) in [6, 6.07) is 15.8. The fourth-order valence-corrected chi connectivity index (χ4v) is 3.44. The number of fused-ring (bicyclic) bond motifs is 1. The third-order valence-corrected chi connectivity index (χ3v) is 4.62. The van der Waals surface area contributed by atoms with Gasteiger partial charge in [-0.1, -0.05) is 36.9 Å². The van der Waals surface area contributed by atoms with Crippen LogP contribution in [0.2, 0.25) is 0 Å². The van der Waals surface area contributed by atoms with E-state index in [9.17, 15) is 4.79 Å². The number of ketones is 1. The van der Waals surface area contributed by atoms with Gasteiger partial charge in [-0.05, 0) is 30.7 Å². The van der Waals surface area contributed by atoms with Gasteiger partial charge in [-0.15, -0.1) is 11.8 Å². The predicted octanol–water partition coefficient (Wildman–Crippen LogP) is 4.28. The van der Waals surface area contributed by atoms with Gasteiger partial charge in [0.05, 0.1) is 0 Å². The lowest BCUT2D eigenvalue weighted by Gasteiger charge is -2.14. The van der Waals surface area contributed by atoms with E-state index in [1.54, 1.807) is 11.8 Å². The first-order valence-electron chi connectivity index (χ1n) is 6.47. The molecule has 0 saturated carbocycles. The Bertz CT molecular complexity index is 693. The molecule has 2 aromatic rings. The Morgan fingerprint density at radius 2 is 2.00 bits per heavy atom. The van der Waals surface area contributed by atoms with Crippen LogP contribution in [0.15, 0.2) is 65.7 Å². The Labute approximate surface area is 122 Å². The lowest BCUT2D eigenvalue weighted by Crippen LogP contribution is -2.19. The second-order valence-corrected chi connectivity index (χ2v) is 6.02. The van der Waals surface area contributed by atoms with Gasteiger partial charge < -0.3 is 5.32 Å². The highest BCUT2D eigenvalue weighted by Gasteiger charge is 2.33. The summed E-state index contributed by atoms with van der Waals surface area (Å²) in [5.41, 5.74) is 3.69. The average molecular weight is 281 g/mol. The second-order valence-electron chi connectivity index (χ2n) is 4.88. The SMILES string of the molecule is C=C(Nc1cccc(C)c1)[C@@H]1Sc2ccccc2C1=O. The van der Waals surface area contributed by atoms with E-state index in [1.165, 1.54) is 5.56 Å². The number of thioether (sulfide) groups is 1. The molecule has 1 N–H and O–H groups in total. The first-order chi connectivity index (χ1) is 9.65. The molecule has 0 aromatic heterocycles. The van der Waals surface area contributed by atoms with Crippen molar-refractivity contribution in [2.75, 3.05) is 5.32 Å². The van der Waals surface area contributed by atoms with Gasteiger partial charge in [0.25, 0.3) is 0 Å². The summed E-state index contributed by atoms with van der Waals surface area (Å²) >= 11 is 1.56. The molecule has 2 aromatic carbocycles. The van der Waals surface area contributed by atoms with Crippen LogP contribution in [0.1, 0.15) is 15.9 Å². The number of hydrogen-bond acceptors (Lipinski definition) is 3. The van der Waals surface area contributed by atoms with Gasteiger partial charge in [0.15, 0.2) is 5.78 Å². The van der Waals surface area contributed by atoms with Crippen LogP contribution in [-0.4, -0.2) is 11.0 Å². The van der Waals surface area contributed by atoms with Gasteiger partial charge in [0.2, 0.25) is 0 Å². The minimum atomic E-state index is -0.243. The highest BCUT2D eigenvalue weighted by molar-refractivity contribution is 8.01. The van der Waals surface area contributed by atoms with Crippen molar-refractivity contribution in [3.8, 4) is 0 Å². The van der Waals surface area contributed by atoms with Crippen LogP contribution in [-0.2, 0) is 0 Å². The van der Waals surface area contributed by atoms with Crippen molar-refractivity contribution in [2.24, 2.45) is 0 Å². The lowest BCUT2D eigenvalue weighted by molar-refractivity contribution is 0.100. The molecule has 3 heteroatoms. The van der Waals surface area contributed by atoms with Gasteiger partial charge in [-0.25, -0.2) is 0 Å². The zero-order valence-corrected chi connectivity index (χ0v) is 12.0. The van der Waals surface area contributed by atoms with Crippen molar-refractivity contribution in [1.82, 2.24) is 0 Å². The number of rotatable bonds is 3. The molecule has 0 fully saturated rings. The second kappa shape index (κ2) is 5.17. The minimum Gasteiger partial charge on any atom is -0.358 e. The summed E-state index contributed by atoms with van der Waals surface area (Å²) in [6.45, 7) is 6.08. The van der Waals surface area contributed by atoms with E-state index in [0.717, 1.165) is 21.8 Å². The number of aryl methyl sites for hydroxylation is 1. The van der Waals surface area contributed by atoms with Gasteiger partial charge in [-0.2, -0.15) is 0 Å². The highest BCUT2D eigenvalue weighted by atomic mass is 32.2. The van der Waals surface area contributed by atoms with E-state index in [-0.39, 0.29) is 11.0 Å². The van der Waals surface area contributed by atoms with Crippen LogP contribution >= 0.6 is 11.8 Å². The smallest absolute Gasteiger partial charge is 0.183 e. The molecule has 0 amide bonds. The quantitative estimate of drug-likeness (QED) is 0.910. The van der Waals surface area contributed by atoms with E-state index >= 15 is 0 Å². The van der Waals surface area contributed by atoms with E-state index in [1.807, 2.05) is 55.5 Å². The zero-order chi connectivity index (χ0) is 14.1. The van der Waals surface area contributed by atoms with Crippen LogP contribution in [0.3, 0.4) is 0 Å². The molecule has 1 aliphatic heterocycles. The molecule has 3 rings (SSSR count). The maximum atomic E-state index is 12.4. The standard InChI is InChI=1S/C17H15NOS/c1-11-6-5-7-13(10-11)18-12(2)17-16(19)14-8-3-4-9-15(14)20-17/h3-10,17-18H,2H2,1H3/t17-/m0/s1. The molecule has 0 spiro atoms. The first-order valence-corrected chi connectivity index (χ1v) is 7.35. The summed E-state index contributed by atoms with van der Waals surface area (Å²) < 4.78 is 0. The van der Waals surface area contributed by atoms with Crippen LogP contribution < -0.4 is 5.32 Å². The Hall–Kier alpha value is -2.00. The van der Waals surface area contributed by atoms with Gasteiger partial charge in [0, 0.05) is 21.8 Å². The normalized spacial score (nSPS) is 16.9. The molecule has 2 nitrogen and oxygen atoms in total. The maximum absolute atomic E-state index is 12.4. The van der Waals surface area contributed by atoms with Crippen LogP contribution in [0.5, 0.6) is 0 Å². The average Bonchev–Trinajstić information content (AvgIpc) is 2.77. The van der Waals surface area contributed by atoms with Gasteiger partial charge in [-0.3, -0.25) is 4.79 Å². The fraction of sp³-hybridized carbons (Fsp3) is 0.118. The van der Waals surface area contributed by atoms with E-state index in [0.29, 0.717) is 0 Å². The molecule has 0 aliphatic carbocycles. The summed E-state index contributed by atoms with van der Waals surface area (Å²) in [6.07, 6.45) is 0. The molecule has 0 bridgehead atoms.